The molecule has 4 rings (SSSR count). The molecule has 1 N–H and O–H groups in total. The average Bonchev–Trinajstić information content (AvgIpc) is 2.89. The summed E-state index contributed by atoms with van der Waals surface area (Å²) in [6, 6.07) is 3.57. The van der Waals surface area contributed by atoms with E-state index in [1.165, 1.54) is 10.7 Å². The van der Waals surface area contributed by atoms with Crippen LogP contribution in [0.5, 0.6) is 0 Å². The van der Waals surface area contributed by atoms with Gasteiger partial charge in [0.05, 0.1) is 12.3 Å². The Morgan fingerprint density at radius 2 is 2.00 bits per heavy atom. The third-order valence-corrected chi connectivity index (χ3v) is 5.64. The molecule has 1 amide bonds. The second-order valence-corrected chi connectivity index (χ2v) is 7.84. The lowest BCUT2D eigenvalue weighted by Crippen LogP contribution is -2.38. The SMILES string of the molecule is Cn1nc(-c2ccc(F)c(F)c2)c(C2CCC2)c1NC(=O)OCC1CC(F)(F)C1. The summed E-state index contributed by atoms with van der Waals surface area (Å²) >= 11 is 0. The molecule has 29 heavy (non-hydrogen) atoms. The zero-order valence-corrected chi connectivity index (χ0v) is 15.9. The lowest BCUT2D eigenvalue weighted by Gasteiger charge is -2.34. The van der Waals surface area contributed by atoms with Crippen molar-refractivity contribution in [3.8, 4) is 11.3 Å². The number of hydrogen-bond acceptors (Lipinski definition) is 3. The molecule has 2 fully saturated rings. The number of alkyl halides is 2. The Balaban J connectivity index is 1.54. The second-order valence-electron chi connectivity index (χ2n) is 7.84. The van der Waals surface area contributed by atoms with Gasteiger partial charge in [-0.3, -0.25) is 10.00 Å². The van der Waals surface area contributed by atoms with Crippen LogP contribution in [0.4, 0.5) is 28.2 Å². The number of nitrogens with one attached hydrogen (secondary N) is 1. The molecule has 0 bridgehead atoms. The van der Waals surface area contributed by atoms with E-state index in [1.54, 1.807) is 7.05 Å². The van der Waals surface area contributed by atoms with E-state index in [2.05, 4.69) is 10.4 Å². The second kappa shape index (κ2) is 7.35. The number of rotatable bonds is 5. The molecule has 1 aromatic heterocycles. The third-order valence-electron chi connectivity index (χ3n) is 5.64. The minimum atomic E-state index is -2.66. The zero-order chi connectivity index (χ0) is 20.8. The van der Waals surface area contributed by atoms with Crippen LogP contribution in [-0.2, 0) is 11.8 Å². The number of nitrogens with zero attached hydrogens (tertiary/aromatic N) is 2. The van der Waals surface area contributed by atoms with Crippen molar-refractivity contribution in [2.45, 2.75) is 43.9 Å². The molecule has 0 saturated heterocycles. The zero-order valence-electron chi connectivity index (χ0n) is 15.9. The van der Waals surface area contributed by atoms with Crippen LogP contribution >= 0.6 is 0 Å². The van der Waals surface area contributed by atoms with Gasteiger partial charge in [-0.15, -0.1) is 0 Å². The van der Waals surface area contributed by atoms with Crippen LogP contribution in [0.25, 0.3) is 11.3 Å². The largest absolute Gasteiger partial charge is 0.449 e. The van der Waals surface area contributed by atoms with Crippen LogP contribution in [0.2, 0.25) is 0 Å². The number of hydrogen-bond donors (Lipinski definition) is 1. The van der Waals surface area contributed by atoms with E-state index in [0.29, 0.717) is 17.1 Å². The van der Waals surface area contributed by atoms with Crippen molar-refractivity contribution in [1.29, 1.82) is 0 Å². The molecule has 2 aromatic rings. The van der Waals surface area contributed by atoms with Crippen LogP contribution in [0.1, 0.15) is 43.6 Å². The van der Waals surface area contributed by atoms with Crippen LogP contribution in [-0.4, -0.2) is 28.4 Å². The quantitative estimate of drug-likeness (QED) is 0.686. The average molecular weight is 411 g/mol. The Morgan fingerprint density at radius 3 is 2.59 bits per heavy atom. The van der Waals surface area contributed by atoms with Gasteiger partial charge in [-0.25, -0.2) is 22.4 Å². The van der Waals surface area contributed by atoms with Gasteiger partial charge in [0.2, 0.25) is 5.92 Å². The molecule has 2 aliphatic carbocycles. The minimum Gasteiger partial charge on any atom is -0.449 e. The summed E-state index contributed by atoms with van der Waals surface area (Å²) in [7, 11) is 1.63. The number of aromatic nitrogens is 2. The molecule has 0 aliphatic heterocycles. The Labute approximate surface area is 165 Å². The van der Waals surface area contributed by atoms with E-state index in [4.69, 9.17) is 4.74 Å². The van der Waals surface area contributed by atoms with Crippen molar-refractivity contribution in [3.05, 3.63) is 35.4 Å². The maximum atomic E-state index is 13.7. The van der Waals surface area contributed by atoms with Gasteiger partial charge >= 0.3 is 6.09 Å². The molecule has 0 spiro atoms. The molecule has 2 saturated carbocycles. The number of halogens is 4. The van der Waals surface area contributed by atoms with Gasteiger partial charge in [-0.1, -0.05) is 6.42 Å². The molecule has 0 atom stereocenters. The van der Waals surface area contributed by atoms with Crippen molar-refractivity contribution in [3.63, 3.8) is 0 Å². The van der Waals surface area contributed by atoms with Crippen molar-refractivity contribution in [1.82, 2.24) is 9.78 Å². The first-order valence-corrected chi connectivity index (χ1v) is 9.57. The summed E-state index contributed by atoms with van der Waals surface area (Å²) < 4.78 is 59.4. The number of amides is 1. The predicted octanol–water partition coefficient (Wildman–Crippen LogP) is 5.23. The molecular weight excluding hydrogens is 390 g/mol. The molecular formula is C20H21F4N3O2. The molecule has 1 aromatic carbocycles. The fourth-order valence-electron chi connectivity index (χ4n) is 3.86. The van der Waals surface area contributed by atoms with Gasteiger partial charge in [0.15, 0.2) is 11.6 Å². The van der Waals surface area contributed by atoms with Crippen molar-refractivity contribution < 1.29 is 27.1 Å². The van der Waals surface area contributed by atoms with E-state index in [-0.39, 0.29) is 31.3 Å². The van der Waals surface area contributed by atoms with Crippen LogP contribution in [0, 0.1) is 17.6 Å². The topological polar surface area (TPSA) is 56.2 Å². The molecule has 0 radical (unpaired) electrons. The molecule has 5 nitrogen and oxygen atoms in total. The van der Waals surface area contributed by atoms with Gasteiger partial charge in [-0.05, 0) is 37.0 Å². The maximum absolute atomic E-state index is 13.7. The first-order valence-electron chi connectivity index (χ1n) is 9.57. The summed E-state index contributed by atoms with van der Waals surface area (Å²) in [6.45, 7) is -0.0753. The number of carbonyl (C=O) groups excluding carboxylic acids is 1. The molecule has 156 valence electrons. The van der Waals surface area contributed by atoms with Gasteiger partial charge in [-0.2, -0.15) is 5.10 Å². The summed E-state index contributed by atoms with van der Waals surface area (Å²) in [6.07, 6.45) is 1.50. The summed E-state index contributed by atoms with van der Waals surface area (Å²) in [5.74, 6) is -4.38. The Bertz CT molecular complexity index is 932. The summed E-state index contributed by atoms with van der Waals surface area (Å²) in [4.78, 5) is 12.2. The molecule has 2 aliphatic rings. The number of carbonyl (C=O) groups is 1. The number of ether oxygens (including phenoxy) is 1. The Morgan fingerprint density at radius 1 is 1.28 bits per heavy atom. The monoisotopic (exact) mass is 411 g/mol. The van der Waals surface area contributed by atoms with E-state index in [0.717, 1.165) is 37.0 Å². The van der Waals surface area contributed by atoms with Crippen molar-refractivity contribution >= 4 is 11.9 Å². The minimum absolute atomic E-state index is 0.0753. The fourth-order valence-corrected chi connectivity index (χ4v) is 3.86. The first-order chi connectivity index (χ1) is 13.7. The maximum Gasteiger partial charge on any atom is 0.412 e. The standard InChI is InChI=1S/C20H21F4N3O2/c1-27-18(25-19(28)29-10-11-8-20(23,24)9-11)16(12-3-2-4-12)17(26-27)13-5-6-14(21)15(22)7-13/h5-7,11-12H,2-4,8-10H2,1H3,(H,25,28). The van der Waals surface area contributed by atoms with Gasteiger partial charge in [0, 0.05) is 36.9 Å². The number of aryl methyl sites for hydroxylation is 1. The molecule has 0 unspecified atom stereocenters. The predicted molar refractivity (Wildman–Crippen MR) is 97.8 cm³/mol. The van der Waals surface area contributed by atoms with Crippen molar-refractivity contribution in [2.75, 3.05) is 11.9 Å². The molecule has 1 heterocycles. The first kappa shape index (κ1) is 19.7. The highest BCUT2D eigenvalue weighted by molar-refractivity contribution is 5.87. The van der Waals surface area contributed by atoms with E-state index in [1.807, 2.05) is 0 Å². The van der Waals surface area contributed by atoms with E-state index < -0.39 is 23.7 Å². The van der Waals surface area contributed by atoms with Gasteiger partial charge in [0.25, 0.3) is 0 Å². The van der Waals surface area contributed by atoms with E-state index >= 15 is 0 Å². The van der Waals surface area contributed by atoms with Crippen molar-refractivity contribution in [2.24, 2.45) is 13.0 Å². The number of anilines is 1. The van der Waals surface area contributed by atoms with Gasteiger partial charge < -0.3 is 4.74 Å². The third kappa shape index (κ3) is 3.95. The highest BCUT2D eigenvalue weighted by atomic mass is 19.3. The molecule has 9 heteroatoms. The van der Waals surface area contributed by atoms with E-state index in [9.17, 15) is 22.4 Å². The highest BCUT2D eigenvalue weighted by Gasteiger charge is 2.45. The van der Waals surface area contributed by atoms with Gasteiger partial charge in [0.1, 0.15) is 5.82 Å². The van der Waals surface area contributed by atoms with Crippen LogP contribution in [0.3, 0.4) is 0 Å². The fraction of sp³-hybridized carbons (Fsp3) is 0.500. The van der Waals surface area contributed by atoms with Crippen LogP contribution in [0.15, 0.2) is 18.2 Å². The number of benzene rings is 1. The highest BCUT2D eigenvalue weighted by Crippen LogP contribution is 2.45. The summed E-state index contributed by atoms with van der Waals surface area (Å²) in [5.41, 5.74) is 1.64. The normalized spacial score (nSPS) is 18.8. The summed E-state index contributed by atoms with van der Waals surface area (Å²) in [5, 5.41) is 7.06. The smallest absolute Gasteiger partial charge is 0.412 e. The van der Waals surface area contributed by atoms with Crippen LogP contribution < -0.4 is 5.32 Å². The lowest BCUT2D eigenvalue weighted by atomic mass is 9.79. The Hall–Kier alpha value is -2.58. The Kier molecular flexibility index (Phi) is 5.00. The lowest BCUT2D eigenvalue weighted by molar-refractivity contribution is -0.121.